The molecule has 0 spiro atoms. The molecule has 3 aromatic rings. The second kappa shape index (κ2) is 5.66. The van der Waals surface area contributed by atoms with Crippen molar-refractivity contribution in [3.63, 3.8) is 0 Å². The molecule has 2 aromatic heterocycles. The van der Waals surface area contributed by atoms with Gasteiger partial charge in [0.25, 0.3) is 0 Å². The standard InChI is InChI=1S/C17H19FN4O2S/c1-10-7-13(18)16-12(15(10)17-19-9-22(2)21-17)8-14(20-16)25(23,24)11-5-3-4-6-11/h7-9,11,20H,3-6H2,1-2H3. The van der Waals surface area contributed by atoms with E-state index in [1.165, 1.54) is 12.1 Å². The Balaban J connectivity index is 1.95. The summed E-state index contributed by atoms with van der Waals surface area (Å²) in [5.74, 6) is -0.0196. The van der Waals surface area contributed by atoms with Crippen molar-refractivity contribution in [2.45, 2.75) is 42.9 Å². The summed E-state index contributed by atoms with van der Waals surface area (Å²) in [5, 5.41) is 4.48. The van der Waals surface area contributed by atoms with Gasteiger partial charge >= 0.3 is 0 Å². The maximum absolute atomic E-state index is 14.5. The number of fused-ring (bicyclic) bond motifs is 1. The van der Waals surface area contributed by atoms with Gasteiger partial charge < -0.3 is 4.98 Å². The van der Waals surface area contributed by atoms with Crippen LogP contribution >= 0.6 is 0 Å². The molecule has 0 saturated heterocycles. The number of aromatic amines is 1. The van der Waals surface area contributed by atoms with Crippen LogP contribution < -0.4 is 0 Å². The number of nitrogens with zero attached hydrogens (tertiary/aromatic N) is 3. The third-order valence-corrected chi connectivity index (χ3v) is 7.09. The largest absolute Gasteiger partial charge is 0.343 e. The highest BCUT2D eigenvalue weighted by molar-refractivity contribution is 7.92. The van der Waals surface area contributed by atoms with E-state index in [1.807, 2.05) is 0 Å². The number of hydrogen-bond acceptors (Lipinski definition) is 4. The van der Waals surface area contributed by atoms with Gasteiger partial charge in [-0.1, -0.05) is 12.8 Å². The van der Waals surface area contributed by atoms with E-state index in [0.717, 1.165) is 12.8 Å². The van der Waals surface area contributed by atoms with Gasteiger partial charge in [-0.05, 0) is 37.5 Å². The lowest BCUT2D eigenvalue weighted by atomic mass is 10.0. The highest BCUT2D eigenvalue weighted by atomic mass is 32.2. The molecule has 1 N–H and O–H groups in total. The molecule has 0 atom stereocenters. The summed E-state index contributed by atoms with van der Waals surface area (Å²) in [6.07, 6.45) is 4.72. The predicted octanol–water partition coefficient (Wildman–Crippen LogP) is 3.13. The Kier molecular flexibility index (Phi) is 3.68. The quantitative estimate of drug-likeness (QED) is 0.776. The lowest BCUT2D eigenvalue weighted by molar-refractivity contribution is 0.576. The maximum Gasteiger partial charge on any atom is 0.196 e. The van der Waals surface area contributed by atoms with Crippen molar-refractivity contribution in [2.24, 2.45) is 7.05 Å². The fourth-order valence-electron chi connectivity index (χ4n) is 3.64. The van der Waals surface area contributed by atoms with E-state index in [0.29, 0.717) is 35.2 Å². The zero-order valence-electron chi connectivity index (χ0n) is 14.1. The van der Waals surface area contributed by atoms with Crippen LogP contribution in [0.15, 0.2) is 23.5 Å². The molecule has 0 amide bonds. The highest BCUT2D eigenvalue weighted by Crippen LogP contribution is 2.36. The fourth-order valence-corrected chi connectivity index (χ4v) is 5.48. The first-order valence-corrected chi connectivity index (χ1v) is 9.84. The van der Waals surface area contributed by atoms with E-state index in [1.54, 1.807) is 25.0 Å². The van der Waals surface area contributed by atoms with Crippen molar-refractivity contribution in [1.82, 2.24) is 19.7 Å². The molecule has 1 fully saturated rings. The molecule has 1 aliphatic rings. The summed E-state index contributed by atoms with van der Waals surface area (Å²) in [6, 6.07) is 2.92. The van der Waals surface area contributed by atoms with Gasteiger partial charge in [0.05, 0.1) is 10.8 Å². The average Bonchev–Trinajstić information content (AvgIpc) is 3.26. The molecule has 0 bridgehead atoms. The van der Waals surface area contributed by atoms with Crippen molar-refractivity contribution >= 4 is 20.7 Å². The minimum Gasteiger partial charge on any atom is -0.343 e. The Hall–Kier alpha value is -2.22. The first-order valence-electron chi connectivity index (χ1n) is 8.29. The molecule has 1 aliphatic carbocycles. The van der Waals surface area contributed by atoms with E-state index >= 15 is 0 Å². The SMILES string of the molecule is Cc1cc(F)c2[nH]c(S(=O)(=O)C3CCCC3)cc2c1-c1ncn(C)n1. The van der Waals surface area contributed by atoms with Gasteiger partial charge in [-0.15, -0.1) is 0 Å². The van der Waals surface area contributed by atoms with Crippen molar-refractivity contribution in [1.29, 1.82) is 0 Å². The Labute approximate surface area is 145 Å². The summed E-state index contributed by atoms with van der Waals surface area (Å²) in [7, 11) is -1.74. The van der Waals surface area contributed by atoms with E-state index in [2.05, 4.69) is 15.1 Å². The fraction of sp³-hybridized carbons (Fsp3) is 0.412. The van der Waals surface area contributed by atoms with Gasteiger partial charge in [-0.25, -0.2) is 17.8 Å². The first-order chi connectivity index (χ1) is 11.9. The molecule has 2 heterocycles. The highest BCUT2D eigenvalue weighted by Gasteiger charge is 2.32. The van der Waals surface area contributed by atoms with Crippen LogP contribution in [-0.4, -0.2) is 33.4 Å². The van der Waals surface area contributed by atoms with Crippen LogP contribution in [0.5, 0.6) is 0 Å². The van der Waals surface area contributed by atoms with Crippen LogP contribution in [0.3, 0.4) is 0 Å². The minimum absolute atomic E-state index is 0.0797. The average molecular weight is 362 g/mol. The molecule has 4 rings (SSSR count). The van der Waals surface area contributed by atoms with Crippen LogP contribution in [0.4, 0.5) is 4.39 Å². The van der Waals surface area contributed by atoms with Crippen molar-refractivity contribution in [2.75, 3.05) is 0 Å². The number of aromatic nitrogens is 4. The first kappa shape index (κ1) is 16.3. The normalized spacial score (nSPS) is 16.1. The molecular weight excluding hydrogens is 343 g/mol. The molecule has 25 heavy (non-hydrogen) atoms. The Morgan fingerprint density at radius 1 is 1.28 bits per heavy atom. The van der Waals surface area contributed by atoms with Gasteiger partial charge in [0.2, 0.25) is 0 Å². The monoisotopic (exact) mass is 362 g/mol. The van der Waals surface area contributed by atoms with Crippen LogP contribution in [-0.2, 0) is 16.9 Å². The van der Waals surface area contributed by atoms with Crippen LogP contribution in [0, 0.1) is 12.7 Å². The summed E-state index contributed by atoms with van der Waals surface area (Å²) in [4.78, 5) is 7.04. The summed E-state index contributed by atoms with van der Waals surface area (Å²) < 4.78 is 41.7. The van der Waals surface area contributed by atoms with Gasteiger partial charge in [0.15, 0.2) is 15.7 Å². The van der Waals surface area contributed by atoms with E-state index < -0.39 is 15.7 Å². The number of H-pyrrole nitrogens is 1. The Morgan fingerprint density at radius 3 is 2.64 bits per heavy atom. The number of sulfone groups is 1. The molecule has 6 nitrogen and oxygen atoms in total. The van der Waals surface area contributed by atoms with Crippen molar-refractivity contribution in [3.05, 3.63) is 29.8 Å². The molecule has 0 aliphatic heterocycles. The van der Waals surface area contributed by atoms with Gasteiger partial charge in [0.1, 0.15) is 17.2 Å². The third-order valence-electron chi connectivity index (χ3n) is 4.91. The molecule has 0 unspecified atom stereocenters. The van der Waals surface area contributed by atoms with Gasteiger partial charge in [-0.3, -0.25) is 4.68 Å². The topological polar surface area (TPSA) is 80.6 Å². The van der Waals surface area contributed by atoms with Crippen LogP contribution in [0.2, 0.25) is 0 Å². The predicted molar refractivity (Wildman–Crippen MR) is 92.4 cm³/mol. The van der Waals surface area contributed by atoms with Crippen molar-refractivity contribution in [3.8, 4) is 11.4 Å². The molecule has 0 radical (unpaired) electrons. The maximum atomic E-state index is 14.5. The molecule has 1 saturated carbocycles. The third kappa shape index (κ3) is 2.55. The number of halogens is 1. The second-order valence-corrected chi connectivity index (χ2v) is 8.86. The summed E-state index contributed by atoms with van der Waals surface area (Å²) in [5.41, 5.74) is 1.51. The zero-order chi connectivity index (χ0) is 17.8. The van der Waals surface area contributed by atoms with Crippen LogP contribution in [0.1, 0.15) is 31.2 Å². The van der Waals surface area contributed by atoms with E-state index in [9.17, 15) is 12.8 Å². The smallest absolute Gasteiger partial charge is 0.196 e. The molecule has 1 aromatic carbocycles. The number of rotatable bonds is 3. The second-order valence-electron chi connectivity index (χ2n) is 6.67. The minimum atomic E-state index is -3.49. The van der Waals surface area contributed by atoms with Crippen LogP contribution in [0.25, 0.3) is 22.3 Å². The molecule has 8 heteroatoms. The zero-order valence-corrected chi connectivity index (χ0v) is 14.9. The van der Waals surface area contributed by atoms with Crippen molar-refractivity contribution < 1.29 is 12.8 Å². The summed E-state index contributed by atoms with van der Waals surface area (Å²) >= 11 is 0. The number of nitrogens with one attached hydrogen (secondary N) is 1. The van der Waals surface area contributed by atoms with Gasteiger partial charge in [-0.2, -0.15) is 5.10 Å². The van der Waals surface area contributed by atoms with E-state index in [4.69, 9.17) is 0 Å². The van der Waals surface area contributed by atoms with Gasteiger partial charge in [0, 0.05) is 18.0 Å². The number of benzene rings is 1. The molecular formula is C17H19FN4O2S. The lowest BCUT2D eigenvalue weighted by Gasteiger charge is -2.08. The Morgan fingerprint density at radius 2 is 2.00 bits per heavy atom. The number of hydrogen-bond donors (Lipinski definition) is 1. The number of aryl methyl sites for hydroxylation is 2. The summed E-state index contributed by atoms with van der Waals surface area (Å²) in [6.45, 7) is 1.77. The Bertz CT molecular complexity index is 1060. The molecule has 132 valence electrons. The van der Waals surface area contributed by atoms with E-state index in [-0.39, 0.29) is 15.8 Å². The lowest BCUT2D eigenvalue weighted by Crippen LogP contribution is -2.18.